The van der Waals surface area contributed by atoms with Gasteiger partial charge >= 0.3 is 0 Å². The minimum Gasteiger partial charge on any atom is -0.488 e. The second kappa shape index (κ2) is 7.34. The van der Waals surface area contributed by atoms with Crippen LogP contribution in [0.2, 0.25) is 0 Å². The van der Waals surface area contributed by atoms with E-state index in [0.717, 1.165) is 36.5 Å². The zero-order valence-corrected chi connectivity index (χ0v) is 14.3. The number of aromatic nitrogens is 1. The van der Waals surface area contributed by atoms with Gasteiger partial charge in [0.25, 0.3) is 0 Å². The van der Waals surface area contributed by atoms with Crippen molar-refractivity contribution in [2.24, 2.45) is 5.73 Å². The third-order valence-electron chi connectivity index (χ3n) is 4.69. The highest BCUT2D eigenvalue weighted by Gasteiger charge is 2.21. The number of aliphatic hydroxyl groups excluding tert-OH is 1. The molecule has 6 heteroatoms. The van der Waals surface area contributed by atoms with Crippen LogP contribution in [0, 0.1) is 13.8 Å². The van der Waals surface area contributed by atoms with Gasteiger partial charge in [0.05, 0.1) is 17.4 Å². The molecule has 0 amide bonds. The van der Waals surface area contributed by atoms with Crippen molar-refractivity contribution in [2.75, 3.05) is 19.6 Å². The van der Waals surface area contributed by atoms with Gasteiger partial charge in [0, 0.05) is 26.2 Å². The fourth-order valence-corrected chi connectivity index (χ4v) is 3.17. The number of aliphatic hydroxyl groups is 1. The smallest absolute Gasteiger partial charge is 0.130 e. The Morgan fingerprint density at radius 1 is 1.42 bits per heavy atom. The van der Waals surface area contributed by atoms with Crippen molar-refractivity contribution in [3.63, 3.8) is 0 Å². The molecule has 0 radical (unpaired) electrons. The molecule has 2 heterocycles. The lowest BCUT2D eigenvalue weighted by atomic mass is 9.94. The lowest BCUT2D eigenvalue weighted by molar-refractivity contribution is 0.111. The third kappa shape index (κ3) is 3.61. The van der Waals surface area contributed by atoms with E-state index in [2.05, 4.69) is 23.0 Å². The summed E-state index contributed by atoms with van der Waals surface area (Å²) in [5.41, 5.74) is 11.2. The second-order valence-electron chi connectivity index (χ2n) is 6.41. The van der Waals surface area contributed by atoms with Crippen LogP contribution in [0.25, 0.3) is 0 Å². The Bertz CT molecular complexity index is 699. The number of hydrogen-bond donors (Lipinski definition) is 2. The number of β-amino-alcohol motifs (C(OH)–C–C–N with tert-alkyl or cyclic N) is 1. The van der Waals surface area contributed by atoms with Gasteiger partial charge in [-0.05, 0) is 43.0 Å². The van der Waals surface area contributed by atoms with Gasteiger partial charge in [-0.3, -0.25) is 4.90 Å². The van der Waals surface area contributed by atoms with E-state index in [9.17, 15) is 5.11 Å². The predicted molar refractivity (Wildman–Crippen MR) is 90.8 cm³/mol. The summed E-state index contributed by atoms with van der Waals surface area (Å²) in [4.78, 5) is 2.25. The number of nitrogens with zero attached hydrogens (tertiary/aromatic N) is 2. The Balaban J connectivity index is 1.69. The van der Waals surface area contributed by atoms with Crippen molar-refractivity contribution < 1.29 is 14.4 Å². The molecule has 3 rings (SSSR count). The van der Waals surface area contributed by atoms with Crippen molar-refractivity contribution >= 4 is 0 Å². The number of rotatable bonds is 6. The zero-order valence-electron chi connectivity index (χ0n) is 14.3. The minimum absolute atomic E-state index is 0.303. The van der Waals surface area contributed by atoms with Gasteiger partial charge in [-0.25, -0.2) is 0 Å². The summed E-state index contributed by atoms with van der Waals surface area (Å²) < 4.78 is 10.9. The Morgan fingerprint density at radius 2 is 2.25 bits per heavy atom. The highest BCUT2D eigenvalue weighted by atomic mass is 16.5. The first kappa shape index (κ1) is 17.0. The highest BCUT2D eigenvalue weighted by Crippen LogP contribution is 2.30. The molecule has 24 heavy (non-hydrogen) atoms. The summed E-state index contributed by atoms with van der Waals surface area (Å²) in [7, 11) is 0. The first-order valence-corrected chi connectivity index (χ1v) is 8.33. The molecule has 1 aromatic heterocycles. The third-order valence-corrected chi connectivity index (χ3v) is 4.69. The maximum atomic E-state index is 9.74. The maximum Gasteiger partial charge on any atom is 0.130 e. The standard InChI is InChI=1S/C18H25N3O3/c1-12-17-5-6-21(9-16(22)7-19)8-14(17)3-4-18(12)23-10-15-11-24-20-13(15)2/h3-4,11,16,22H,5-10,19H2,1-2H3. The summed E-state index contributed by atoms with van der Waals surface area (Å²) in [6.07, 6.45) is 2.13. The summed E-state index contributed by atoms with van der Waals surface area (Å²) in [5, 5.41) is 13.6. The van der Waals surface area contributed by atoms with Crippen LogP contribution in [-0.4, -0.2) is 40.9 Å². The van der Waals surface area contributed by atoms with Crippen LogP contribution in [0.3, 0.4) is 0 Å². The van der Waals surface area contributed by atoms with Crippen LogP contribution in [-0.2, 0) is 19.6 Å². The van der Waals surface area contributed by atoms with E-state index < -0.39 is 6.10 Å². The van der Waals surface area contributed by atoms with E-state index in [0.29, 0.717) is 19.7 Å². The van der Waals surface area contributed by atoms with Gasteiger partial charge in [0.1, 0.15) is 18.6 Å². The van der Waals surface area contributed by atoms with E-state index in [1.54, 1.807) is 6.26 Å². The average Bonchev–Trinajstić information content (AvgIpc) is 2.99. The number of ether oxygens (including phenoxy) is 1. The first-order chi connectivity index (χ1) is 11.6. The number of aryl methyl sites for hydroxylation is 1. The van der Waals surface area contributed by atoms with Crippen molar-refractivity contribution in [3.8, 4) is 5.75 Å². The summed E-state index contributed by atoms with van der Waals surface area (Å²) in [5.74, 6) is 0.907. The Kier molecular flexibility index (Phi) is 5.18. The van der Waals surface area contributed by atoms with E-state index >= 15 is 0 Å². The largest absolute Gasteiger partial charge is 0.488 e. The molecule has 0 saturated heterocycles. The molecule has 3 N–H and O–H groups in total. The average molecular weight is 331 g/mol. The SMILES string of the molecule is Cc1nocc1COc1ccc2c(c1C)CCN(CC(O)CN)C2. The van der Waals surface area contributed by atoms with Crippen LogP contribution in [0.5, 0.6) is 5.75 Å². The quantitative estimate of drug-likeness (QED) is 0.835. The molecule has 1 unspecified atom stereocenters. The van der Waals surface area contributed by atoms with Gasteiger partial charge in [-0.2, -0.15) is 0 Å². The maximum absolute atomic E-state index is 9.74. The monoisotopic (exact) mass is 331 g/mol. The fourth-order valence-electron chi connectivity index (χ4n) is 3.17. The Labute approximate surface area is 142 Å². The topological polar surface area (TPSA) is 84.8 Å². The molecule has 0 aliphatic carbocycles. The van der Waals surface area contributed by atoms with Crippen LogP contribution < -0.4 is 10.5 Å². The van der Waals surface area contributed by atoms with E-state index in [1.807, 2.05) is 13.0 Å². The second-order valence-corrected chi connectivity index (χ2v) is 6.41. The number of hydrogen-bond acceptors (Lipinski definition) is 6. The van der Waals surface area contributed by atoms with Crippen molar-refractivity contribution in [2.45, 2.75) is 39.5 Å². The molecule has 0 saturated carbocycles. The molecule has 1 aliphatic heterocycles. The highest BCUT2D eigenvalue weighted by molar-refractivity contribution is 5.45. The first-order valence-electron chi connectivity index (χ1n) is 8.33. The zero-order chi connectivity index (χ0) is 17.1. The lowest BCUT2D eigenvalue weighted by Crippen LogP contribution is -2.39. The molecular weight excluding hydrogens is 306 g/mol. The predicted octanol–water partition coefficient (Wildman–Crippen LogP) is 1.55. The Morgan fingerprint density at radius 3 is 2.96 bits per heavy atom. The van der Waals surface area contributed by atoms with Crippen molar-refractivity contribution in [1.29, 1.82) is 0 Å². The molecule has 0 spiro atoms. The molecule has 6 nitrogen and oxygen atoms in total. The summed E-state index contributed by atoms with van der Waals surface area (Å²) in [6, 6.07) is 4.15. The van der Waals surface area contributed by atoms with Gasteiger partial charge in [-0.1, -0.05) is 11.2 Å². The van der Waals surface area contributed by atoms with Gasteiger partial charge in [-0.15, -0.1) is 0 Å². The number of fused-ring (bicyclic) bond motifs is 1. The fraction of sp³-hybridized carbons (Fsp3) is 0.500. The minimum atomic E-state index is -0.456. The molecule has 0 bridgehead atoms. The molecule has 130 valence electrons. The summed E-state index contributed by atoms with van der Waals surface area (Å²) >= 11 is 0. The van der Waals surface area contributed by atoms with Gasteiger partial charge in [0.15, 0.2) is 0 Å². The van der Waals surface area contributed by atoms with E-state index in [4.69, 9.17) is 15.0 Å². The molecule has 2 aromatic rings. The normalized spacial score (nSPS) is 16.0. The van der Waals surface area contributed by atoms with E-state index in [-0.39, 0.29) is 0 Å². The number of nitrogens with two attached hydrogens (primary N) is 1. The molecule has 1 aliphatic rings. The van der Waals surface area contributed by atoms with Crippen LogP contribution in [0.1, 0.15) is 27.9 Å². The van der Waals surface area contributed by atoms with Crippen LogP contribution in [0.4, 0.5) is 0 Å². The molecular formula is C18H25N3O3. The van der Waals surface area contributed by atoms with Crippen LogP contribution in [0.15, 0.2) is 22.9 Å². The van der Waals surface area contributed by atoms with E-state index in [1.165, 1.54) is 16.7 Å². The molecule has 1 aromatic carbocycles. The molecule has 0 fully saturated rings. The van der Waals surface area contributed by atoms with Gasteiger partial charge in [0.2, 0.25) is 0 Å². The van der Waals surface area contributed by atoms with Crippen molar-refractivity contribution in [3.05, 3.63) is 46.3 Å². The van der Waals surface area contributed by atoms with Crippen molar-refractivity contribution in [1.82, 2.24) is 10.1 Å². The lowest BCUT2D eigenvalue weighted by Gasteiger charge is -2.31. The molecule has 1 atom stereocenters. The number of benzene rings is 1. The Hall–Kier alpha value is -1.89. The summed E-state index contributed by atoms with van der Waals surface area (Å²) in [6.45, 7) is 7.18. The van der Waals surface area contributed by atoms with Crippen LogP contribution >= 0.6 is 0 Å². The van der Waals surface area contributed by atoms with Gasteiger partial charge < -0.3 is 20.1 Å².